The van der Waals surface area contributed by atoms with Crippen molar-refractivity contribution in [2.75, 3.05) is 61.7 Å². The van der Waals surface area contributed by atoms with Crippen molar-refractivity contribution in [3.63, 3.8) is 0 Å². The molecular weight excluding hydrogens is 486 g/mol. The summed E-state index contributed by atoms with van der Waals surface area (Å²) >= 11 is 0. The Labute approximate surface area is 226 Å². The number of carbonyl (C=O) groups is 2. The van der Waals surface area contributed by atoms with Crippen LogP contribution in [-0.2, 0) is 4.79 Å². The summed E-state index contributed by atoms with van der Waals surface area (Å²) in [5.74, 6) is 0.943. The molecule has 3 rings (SSSR count). The minimum atomic E-state index is -0.684. The largest absolute Gasteiger partial charge is 0.493 e. The number of methoxy groups -OCH3 is 4. The molecule has 2 atom stereocenters. The summed E-state index contributed by atoms with van der Waals surface area (Å²) in [5.41, 5.74) is 1.78. The van der Waals surface area contributed by atoms with Crippen LogP contribution >= 0.6 is 0 Å². The second kappa shape index (κ2) is 13.4. The van der Waals surface area contributed by atoms with Crippen LogP contribution in [0.3, 0.4) is 0 Å². The number of hydrogen-bond donors (Lipinski definition) is 1. The predicted octanol–water partition coefficient (Wildman–Crippen LogP) is 3.87. The number of nitrogens with one attached hydrogen (secondary N) is 1. The van der Waals surface area contributed by atoms with Crippen molar-refractivity contribution in [1.82, 2.24) is 15.1 Å². The van der Waals surface area contributed by atoms with Gasteiger partial charge in [-0.05, 0) is 61.3 Å². The Bertz CT molecular complexity index is 1120. The SMILES string of the molecule is CCCN(CCC)CCNC(=O)[C@H]1c2cc(OC)c(OC)cc2C(=O)N(C)[C@@H]1c1ccc(OC)c(OC)c1. The zero-order valence-corrected chi connectivity index (χ0v) is 23.6. The summed E-state index contributed by atoms with van der Waals surface area (Å²) in [7, 11) is 7.91. The Kier molecular flexibility index (Phi) is 10.2. The molecule has 1 N–H and O–H groups in total. The third kappa shape index (κ3) is 5.99. The van der Waals surface area contributed by atoms with Crippen molar-refractivity contribution in [3.05, 3.63) is 47.0 Å². The lowest BCUT2D eigenvalue weighted by molar-refractivity contribution is -0.124. The lowest BCUT2D eigenvalue weighted by atomic mass is 9.79. The van der Waals surface area contributed by atoms with Gasteiger partial charge in [-0.1, -0.05) is 19.9 Å². The molecule has 9 nitrogen and oxygen atoms in total. The first-order valence-corrected chi connectivity index (χ1v) is 13.1. The summed E-state index contributed by atoms with van der Waals surface area (Å²) < 4.78 is 21.9. The maximum absolute atomic E-state index is 13.9. The van der Waals surface area contributed by atoms with E-state index >= 15 is 0 Å². The van der Waals surface area contributed by atoms with Crippen molar-refractivity contribution < 1.29 is 28.5 Å². The van der Waals surface area contributed by atoms with E-state index in [0.29, 0.717) is 40.7 Å². The first-order chi connectivity index (χ1) is 18.3. The van der Waals surface area contributed by atoms with E-state index in [4.69, 9.17) is 18.9 Å². The standard InChI is InChI=1S/C29H41N3O6/c1-8-13-32(14-9-2)15-12-30-28(33)26-20-17-24(37-6)25(38-7)18-21(20)29(34)31(3)27(26)19-10-11-22(35-4)23(16-19)36-5/h10-11,16-18,26-27H,8-9,12-15H2,1-7H3,(H,30,33)/t26-,27+/m0/s1. The highest BCUT2D eigenvalue weighted by Crippen LogP contribution is 2.46. The molecule has 0 radical (unpaired) electrons. The second-order valence-corrected chi connectivity index (χ2v) is 9.38. The lowest BCUT2D eigenvalue weighted by Gasteiger charge is -2.40. The number of nitrogens with zero attached hydrogens (tertiary/aromatic N) is 2. The summed E-state index contributed by atoms with van der Waals surface area (Å²) in [4.78, 5) is 31.5. The third-order valence-corrected chi connectivity index (χ3v) is 7.01. The zero-order valence-electron chi connectivity index (χ0n) is 23.6. The third-order valence-electron chi connectivity index (χ3n) is 7.01. The van der Waals surface area contributed by atoms with Gasteiger partial charge >= 0.3 is 0 Å². The van der Waals surface area contributed by atoms with Gasteiger partial charge in [0.15, 0.2) is 23.0 Å². The van der Waals surface area contributed by atoms with Gasteiger partial charge in [0.2, 0.25) is 5.91 Å². The fourth-order valence-corrected chi connectivity index (χ4v) is 5.20. The molecule has 208 valence electrons. The van der Waals surface area contributed by atoms with Gasteiger partial charge in [-0.3, -0.25) is 9.59 Å². The van der Waals surface area contributed by atoms with Gasteiger partial charge in [-0.15, -0.1) is 0 Å². The van der Waals surface area contributed by atoms with E-state index in [-0.39, 0.29) is 11.8 Å². The Morgan fingerprint density at radius 1 is 0.868 bits per heavy atom. The van der Waals surface area contributed by atoms with Crippen LogP contribution in [0.4, 0.5) is 0 Å². The molecule has 2 aromatic rings. The zero-order chi connectivity index (χ0) is 27.8. The Hall–Kier alpha value is -3.46. The Balaban J connectivity index is 2.07. The van der Waals surface area contributed by atoms with Crippen LogP contribution in [0.2, 0.25) is 0 Å². The summed E-state index contributed by atoms with van der Waals surface area (Å²) in [5, 5.41) is 3.15. The smallest absolute Gasteiger partial charge is 0.254 e. The molecule has 0 fully saturated rings. The van der Waals surface area contributed by atoms with Crippen LogP contribution in [0.5, 0.6) is 23.0 Å². The van der Waals surface area contributed by atoms with Gasteiger partial charge < -0.3 is 34.1 Å². The highest BCUT2D eigenvalue weighted by molar-refractivity contribution is 6.02. The lowest BCUT2D eigenvalue weighted by Crippen LogP contribution is -2.46. The highest BCUT2D eigenvalue weighted by atomic mass is 16.5. The minimum Gasteiger partial charge on any atom is -0.493 e. The van der Waals surface area contributed by atoms with E-state index in [1.165, 1.54) is 14.2 Å². The maximum Gasteiger partial charge on any atom is 0.254 e. The number of ether oxygens (including phenoxy) is 4. The maximum atomic E-state index is 13.9. The summed E-state index contributed by atoms with van der Waals surface area (Å²) in [6, 6.07) is 8.31. The molecule has 0 saturated carbocycles. The monoisotopic (exact) mass is 527 g/mol. The predicted molar refractivity (Wildman–Crippen MR) is 147 cm³/mol. The number of carbonyl (C=O) groups excluding carboxylic acids is 2. The number of hydrogen-bond acceptors (Lipinski definition) is 7. The van der Waals surface area contributed by atoms with E-state index in [9.17, 15) is 9.59 Å². The van der Waals surface area contributed by atoms with Gasteiger partial charge in [0.1, 0.15) is 0 Å². The first-order valence-electron chi connectivity index (χ1n) is 13.1. The molecule has 0 bridgehead atoms. The Morgan fingerprint density at radius 2 is 1.45 bits per heavy atom. The number of rotatable bonds is 13. The van der Waals surface area contributed by atoms with Gasteiger partial charge in [0.25, 0.3) is 5.91 Å². The minimum absolute atomic E-state index is 0.162. The van der Waals surface area contributed by atoms with Crippen LogP contribution in [0.15, 0.2) is 30.3 Å². The van der Waals surface area contributed by atoms with E-state index in [2.05, 4.69) is 24.1 Å². The summed E-state index contributed by atoms with van der Waals surface area (Å²) in [6.07, 6.45) is 2.11. The van der Waals surface area contributed by atoms with Crippen molar-refractivity contribution in [1.29, 1.82) is 0 Å². The van der Waals surface area contributed by atoms with Crippen molar-refractivity contribution in [3.8, 4) is 23.0 Å². The molecule has 1 aliphatic heterocycles. The van der Waals surface area contributed by atoms with E-state index in [1.807, 2.05) is 12.1 Å². The second-order valence-electron chi connectivity index (χ2n) is 9.38. The van der Waals surface area contributed by atoms with Gasteiger partial charge in [-0.2, -0.15) is 0 Å². The molecule has 38 heavy (non-hydrogen) atoms. The molecule has 0 spiro atoms. The fourth-order valence-electron chi connectivity index (χ4n) is 5.20. The fraction of sp³-hybridized carbons (Fsp3) is 0.517. The molecule has 0 aliphatic carbocycles. The average molecular weight is 528 g/mol. The molecule has 0 saturated heterocycles. The molecule has 2 aromatic carbocycles. The highest BCUT2D eigenvalue weighted by Gasteiger charge is 2.43. The number of amides is 2. The van der Waals surface area contributed by atoms with E-state index in [0.717, 1.165) is 38.0 Å². The van der Waals surface area contributed by atoms with Crippen LogP contribution in [0.25, 0.3) is 0 Å². The molecule has 1 aliphatic rings. The number of likely N-dealkylation sites (N-methyl/N-ethyl adjacent to an activating group) is 1. The van der Waals surface area contributed by atoms with Crippen molar-refractivity contribution in [2.24, 2.45) is 0 Å². The topological polar surface area (TPSA) is 89.6 Å². The molecule has 9 heteroatoms. The van der Waals surface area contributed by atoms with Crippen molar-refractivity contribution >= 4 is 11.8 Å². The number of benzene rings is 2. The first kappa shape index (κ1) is 29.1. The van der Waals surface area contributed by atoms with Crippen LogP contribution in [0.1, 0.15) is 60.1 Å². The molecule has 0 unspecified atom stereocenters. The molecular formula is C29H41N3O6. The average Bonchev–Trinajstić information content (AvgIpc) is 2.93. The summed E-state index contributed by atoms with van der Waals surface area (Å²) in [6.45, 7) is 7.55. The van der Waals surface area contributed by atoms with Gasteiger partial charge in [-0.25, -0.2) is 0 Å². The van der Waals surface area contributed by atoms with Gasteiger partial charge in [0, 0.05) is 25.7 Å². The van der Waals surface area contributed by atoms with Crippen LogP contribution in [-0.4, -0.2) is 83.3 Å². The molecule has 1 heterocycles. The van der Waals surface area contributed by atoms with Gasteiger partial charge in [0.05, 0.1) is 40.4 Å². The molecule has 0 aromatic heterocycles. The molecule has 2 amide bonds. The van der Waals surface area contributed by atoms with E-state index < -0.39 is 12.0 Å². The normalized spacial score (nSPS) is 16.7. The van der Waals surface area contributed by atoms with Crippen molar-refractivity contribution in [2.45, 2.75) is 38.6 Å². The quantitative estimate of drug-likeness (QED) is 0.423. The van der Waals surface area contributed by atoms with E-state index in [1.54, 1.807) is 44.4 Å². The van der Waals surface area contributed by atoms with Crippen LogP contribution in [0, 0.1) is 0 Å². The number of fused-ring (bicyclic) bond motifs is 1. The Morgan fingerprint density at radius 3 is 2.03 bits per heavy atom. The van der Waals surface area contributed by atoms with Crippen LogP contribution < -0.4 is 24.3 Å².